The van der Waals surface area contributed by atoms with Gasteiger partial charge in [-0.15, -0.1) is 0 Å². The van der Waals surface area contributed by atoms with E-state index in [0.717, 1.165) is 4.57 Å². The van der Waals surface area contributed by atoms with Crippen LogP contribution < -0.4 is 16.6 Å². The molecule has 1 aromatic carbocycles. The van der Waals surface area contributed by atoms with Crippen LogP contribution in [0, 0.1) is 0 Å². The van der Waals surface area contributed by atoms with Gasteiger partial charge >= 0.3 is 5.69 Å². The molecule has 8 nitrogen and oxygen atoms in total. The summed E-state index contributed by atoms with van der Waals surface area (Å²) in [5.41, 5.74) is 1.57. The van der Waals surface area contributed by atoms with E-state index in [-0.39, 0.29) is 18.0 Å². The van der Waals surface area contributed by atoms with Crippen LogP contribution in [0.2, 0.25) is 0 Å². The summed E-state index contributed by atoms with van der Waals surface area (Å²) in [6.45, 7) is 4.08. The number of aromatic nitrogens is 4. The maximum Gasteiger partial charge on any atom is 0.331 e. The zero-order chi connectivity index (χ0) is 19.0. The summed E-state index contributed by atoms with van der Waals surface area (Å²) >= 11 is 0. The average molecular weight is 355 g/mol. The van der Waals surface area contributed by atoms with Crippen molar-refractivity contribution >= 4 is 22.6 Å². The van der Waals surface area contributed by atoms with Crippen molar-refractivity contribution in [2.24, 2.45) is 14.1 Å². The van der Waals surface area contributed by atoms with Crippen molar-refractivity contribution in [1.29, 1.82) is 0 Å². The fraction of sp³-hybridized carbons (Fsp3) is 0.333. The standard InChI is InChI=1S/C18H21N5O3/c1-11(2)12-5-7-13(8-6-12)20-15(24)10-23-16-14(9-19-23)21(3)18(26)22(4)17(16)25/h5-9,11H,10H2,1-4H3,(H,20,24). The molecule has 8 heteroatoms. The van der Waals surface area contributed by atoms with Gasteiger partial charge in [-0.3, -0.25) is 18.7 Å². The topological polar surface area (TPSA) is 90.9 Å². The lowest BCUT2D eigenvalue weighted by Crippen LogP contribution is -2.37. The van der Waals surface area contributed by atoms with Crippen molar-refractivity contribution in [1.82, 2.24) is 18.9 Å². The molecule has 0 radical (unpaired) electrons. The molecule has 0 aliphatic rings. The van der Waals surface area contributed by atoms with Crippen LogP contribution in [0.15, 0.2) is 40.1 Å². The second-order valence-electron chi connectivity index (χ2n) is 6.57. The number of fused-ring (bicyclic) bond motifs is 1. The van der Waals surface area contributed by atoms with Gasteiger partial charge in [-0.1, -0.05) is 26.0 Å². The molecule has 136 valence electrons. The van der Waals surface area contributed by atoms with Crippen LogP contribution in [0.4, 0.5) is 5.69 Å². The second kappa shape index (κ2) is 6.62. The van der Waals surface area contributed by atoms with Crippen LogP contribution in [0.1, 0.15) is 25.3 Å². The van der Waals surface area contributed by atoms with Gasteiger partial charge in [0.2, 0.25) is 5.91 Å². The van der Waals surface area contributed by atoms with Crippen molar-refractivity contribution in [2.45, 2.75) is 26.3 Å². The zero-order valence-corrected chi connectivity index (χ0v) is 15.2. The summed E-state index contributed by atoms with van der Waals surface area (Å²) in [7, 11) is 2.96. The molecule has 3 rings (SSSR count). The third-order valence-corrected chi connectivity index (χ3v) is 4.42. The van der Waals surface area contributed by atoms with Gasteiger partial charge in [0.1, 0.15) is 6.54 Å². The number of nitrogens with one attached hydrogen (secondary N) is 1. The molecule has 0 saturated heterocycles. The minimum atomic E-state index is -0.477. The number of hydrogen-bond acceptors (Lipinski definition) is 4. The van der Waals surface area contributed by atoms with E-state index in [2.05, 4.69) is 24.3 Å². The monoisotopic (exact) mass is 355 g/mol. The maximum absolute atomic E-state index is 12.4. The van der Waals surface area contributed by atoms with Crippen molar-refractivity contribution in [3.8, 4) is 0 Å². The normalized spacial score (nSPS) is 11.3. The quantitative estimate of drug-likeness (QED) is 0.761. The summed E-state index contributed by atoms with van der Waals surface area (Å²) in [4.78, 5) is 36.7. The molecule has 0 spiro atoms. The van der Waals surface area contributed by atoms with Crippen LogP contribution >= 0.6 is 0 Å². The Morgan fingerprint density at radius 3 is 2.38 bits per heavy atom. The highest BCUT2D eigenvalue weighted by atomic mass is 16.2. The highest BCUT2D eigenvalue weighted by Gasteiger charge is 2.16. The number of nitrogens with zero attached hydrogens (tertiary/aromatic N) is 4. The van der Waals surface area contributed by atoms with Gasteiger partial charge in [-0.25, -0.2) is 9.48 Å². The van der Waals surface area contributed by atoms with Gasteiger partial charge in [0, 0.05) is 19.8 Å². The van der Waals surface area contributed by atoms with E-state index < -0.39 is 11.2 Å². The fourth-order valence-corrected chi connectivity index (χ4v) is 2.82. The lowest BCUT2D eigenvalue weighted by molar-refractivity contribution is -0.116. The van der Waals surface area contributed by atoms with E-state index in [1.165, 1.54) is 28.1 Å². The van der Waals surface area contributed by atoms with Gasteiger partial charge in [0.25, 0.3) is 5.56 Å². The third kappa shape index (κ3) is 3.05. The van der Waals surface area contributed by atoms with Crippen LogP contribution in [0.25, 0.3) is 11.0 Å². The van der Waals surface area contributed by atoms with Gasteiger partial charge < -0.3 is 5.32 Å². The van der Waals surface area contributed by atoms with Crippen molar-refractivity contribution in [3.63, 3.8) is 0 Å². The first-order valence-electron chi connectivity index (χ1n) is 8.31. The minimum absolute atomic E-state index is 0.122. The largest absolute Gasteiger partial charge is 0.331 e. The Labute approximate surface area is 149 Å². The van der Waals surface area contributed by atoms with E-state index in [4.69, 9.17) is 0 Å². The lowest BCUT2D eigenvalue weighted by Gasteiger charge is -2.09. The van der Waals surface area contributed by atoms with Crippen LogP contribution in [0.3, 0.4) is 0 Å². The van der Waals surface area contributed by atoms with Crippen molar-refractivity contribution in [2.75, 3.05) is 5.32 Å². The number of anilines is 1. The predicted octanol–water partition coefficient (Wildman–Crippen LogP) is 1.20. The van der Waals surface area contributed by atoms with E-state index >= 15 is 0 Å². The summed E-state index contributed by atoms with van der Waals surface area (Å²) in [6.07, 6.45) is 1.42. The summed E-state index contributed by atoms with van der Waals surface area (Å²) < 4.78 is 3.65. The van der Waals surface area contributed by atoms with E-state index in [0.29, 0.717) is 17.1 Å². The third-order valence-electron chi connectivity index (χ3n) is 4.42. The van der Waals surface area contributed by atoms with Crippen molar-refractivity contribution in [3.05, 3.63) is 56.9 Å². The summed E-state index contributed by atoms with van der Waals surface area (Å²) in [5, 5.41) is 6.89. The van der Waals surface area contributed by atoms with E-state index in [1.54, 1.807) is 7.05 Å². The number of aryl methyl sites for hydroxylation is 1. The van der Waals surface area contributed by atoms with Gasteiger partial charge in [0.05, 0.1) is 11.7 Å². The molecule has 3 aromatic rings. The van der Waals surface area contributed by atoms with Gasteiger partial charge in [-0.2, -0.15) is 5.10 Å². The molecule has 0 atom stereocenters. The highest BCUT2D eigenvalue weighted by Crippen LogP contribution is 2.17. The summed E-state index contributed by atoms with van der Waals surface area (Å²) in [5.74, 6) is 0.112. The van der Waals surface area contributed by atoms with Gasteiger partial charge in [-0.05, 0) is 23.6 Å². The molecule has 0 bridgehead atoms. The van der Waals surface area contributed by atoms with Crippen LogP contribution in [-0.4, -0.2) is 24.8 Å². The smallest absolute Gasteiger partial charge is 0.324 e. The van der Waals surface area contributed by atoms with Crippen LogP contribution in [-0.2, 0) is 25.4 Å². The maximum atomic E-state index is 12.4. The number of rotatable bonds is 4. The molecule has 0 aliphatic heterocycles. The Balaban J connectivity index is 1.86. The van der Waals surface area contributed by atoms with Crippen LogP contribution in [0.5, 0.6) is 0 Å². The minimum Gasteiger partial charge on any atom is -0.324 e. The molecular formula is C18H21N5O3. The molecule has 1 amide bonds. The Kier molecular flexibility index (Phi) is 4.50. The molecule has 2 heterocycles. The number of carbonyl (C=O) groups excluding carboxylic acids is 1. The van der Waals surface area contributed by atoms with E-state index in [9.17, 15) is 14.4 Å². The highest BCUT2D eigenvalue weighted by molar-refractivity contribution is 5.91. The molecule has 0 saturated carbocycles. The zero-order valence-electron chi connectivity index (χ0n) is 15.2. The molecular weight excluding hydrogens is 334 g/mol. The molecule has 0 fully saturated rings. The molecule has 0 aliphatic carbocycles. The first kappa shape index (κ1) is 17.7. The number of carbonyl (C=O) groups is 1. The fourth-order valence-electron chi connectivity index (χ4n) is 2.82. The molecule has 2 aromatic heterocycles. The lowest BCUT2D eigenvalue weighted by atomic mass is 10.0. The number of benzene rings is 1. The summed E-state index contributed by atoms with van der Waals surface area (Å²) in [6, 6.07) is 7.62. The molecule has 26 heavy (non-hydrogen) atoms. The first-order valence-corrected chi connectivity index (χ1v) is 8.31. The average Bonchev–Trinajstić information content (AvgIpc) is 3.02. The first-order chi connectivity index (χ1) is 12.3. The predicted molar refractivity (Wildman–Crippen MR) is 99.4 cm³/mol. The number of hydrogen-bond donors (Lipinski definition) is 1. The molecule has 1 N–H and O–H groups in total. The van der Waals surface area contributed by atoms with E-state index in [1.807, 2.05) is 24.3 Å². The Hall–Kier alpha value is -3.16. The van der Waals surface area contributed by atoms with Crippen molar-refractivity contribution < 1.29 is 4.79 Å². The Morgan fingerprint density at radius 2 is 1.77 bits per heavy atom. The SMILES string of the molecule is CC(C)c1ccc(NC(=O)Cn2ncc3c2c(=O)n(C)c(=O)n3C)cc1. The second-order valence-corrected chi connectivity index (χ2v) is 6.57. The number of amides is 1. The van der Waals surface area contributed by atoms with Gasteiger partial charge in [0.15, 0.2) is 5.52 Å². The Morgan fingerprint density at radius 1 is 1.12 bits per heavy atom. The molecule has 0 unspecified atom stereocenters. The Bertz CT molecular complexity index is 1090.